The highest BCUT2D eigenvalue weighted by molar-refractivity contribution is 7.18. The van der Waals surface area contributed by atoms with Crippen LogP contribution in [0.15, 0.2) is 42.5 Å². The van der Waals surface area contributed by atoms with Crippen molar-refractivity contribution in [2.75, 3.05) is 14.2 Å². The first-order chi connectivity index (χ1) is 12.7. The van der Waals surface area contributed by atoms with Crippen molar-refractivity contribution < 1.29 is 19.0 Å². The Morgan fingerprint density at radius 2 is 2.00 bits per heavy atom. The molecule has 0 aliphatic carbocycles. The molecule has 132 valence electrons. The zero-order valence-corrected chi connectivity index (χ0v) is 15.1. The number of ether oxygens (including phenoxy) is 3. The van der Waals surface area contributed by atoms with E-state index in [0.717, 1.165) is 26.1 Å². The van der Waals surface area contributed by atoms with Crippen LogP contribution in [0.25, 0.3) is 21.1 Å². The van der Waals surface area contributed by atoms with Crippen LogP contribution in [0.5, 0.6) is 11.5 Å². The van der Waals surface area contributed by atoms with Gasteiger partial charge in [0.15, 0.2) is 0 Å². The number of carbonyl (C=O) groups is 1. The third-order valence-corrected chi connectivity index (χ3v) is 5.02. The first-order valence-corrected chi connectivity index (χ1v) is 8.76. The maximum Gasteiger partial charge on any atom is 0.355 e. The summed E-state index contributed by atoms with van der Waals surface area (Å²) in [5, 5.41) is 1.57. The number of nitrogens with one attached hydrogen (secondary N) is 1. The summed E-state index contributed by atoms with van der Waals surface area (Å²) in [6.07, 6.45) is 0. The van der Waals surface area contributed by atoms with Gasteiger partial charge in [-0.15, -0.1) is 11.3 Å². The van der Waals surface area contributed by atoms with E-state index >= 15 is 0 Å². The zero-order chi connectivity index (χ0) is 18.1. The predicted molar refractivity (Wildman–Crippen MR) is 100 cm³/mol. The number of hydrogen-bond donors (Lipinski definition) is 1. The van der Waals surface area contributed by atoms with Crippen LogP contribution in [0.1, 0.15) is 15.5 Å². The Labute approximate surface area is 153 Å². The molecule has 0 saturated heterocycles. The molecule has 2 aromatic carbocycles. The topological polar surface area (TPSA) is 73.4 Å². The highest BCUT2D eigenvalue weighted by Gasteiger charge is 2.15. The number of nitrogens with zero attached hydrogens (tertiary/aromatic N) is 1. The largest absolute Gasteiger partial charge is 0.497 e. The Morgan fingerprint density at radius 3 is 2.77 bits per heavy atom. The molecule has 0 radical (unpaired) electrons. The quantitative estimate of drug-likeness (QED) is 0.536. The third-order valence-electron chi connectivity index (χ3n) is 4.01. The van der Waals surface area contributed by atoms with Crippen LogP contribution in [0.4, 0.5) is 0 Å². The highest BCUT2D eigenvalue weighted by Crippen LogP contribution is 2.31. The number of esters is 1. The number of benzene rings is 2. The second-order valence-electron chi connectivity index (χ2n) is 5.63. The second-order valence-corrected chi connectivity index (χ2v) is 6.74. The molecular formula is C19H16N2O4S. The fourth-order valence-electron chi connectivity index (χ4n) is 2.76. The monoisotopic (exact) mass is 368 g/mol. The molecule has 0 bridgehead atoms. The Balaban J connectivity index is 1.55. The molecule has 0 unspecified atom stereocenters. The molecule has 2 aromatic heterocycles. The number of methoxy groups -OCH3 is 2. The summed E-state index contributed by atoms with van der Waals surface area (Å²) in [6.45, 7) is 0.133. The Kier molecular flexibility index (Phi) is 4.22. The molecule has 4 aromatic rings. The summed E-state index contributed by atoms with van der Waals surface area (Å²) >= 11 is 1.52. The number of hydrogen-bond acceptors (Lipinski definition) is 6. The van der Waals surface area contributed by atoms with E-state index < -0.39 is 5.97 Å². The first-order valence-electron chi connectivity index (χ1n) is 7.94. The highest BCUT2D eigenvalue weighted by atomic mass is 32.1. The van der Waals surface area contributed by atoms with Crippen LogP contribution in [0, 0.1) is 0 Å². The van der Waals surface area contributed by atoms with Crippen molar-refractivity contribution in [3.63, 3.8) is 0 Å². The van der Waals surface area contributed by atoms with E-state index in [0.29, 0.717) is 17.2 Å². The van der Waals surface area contributed by atoms with E-state index in [9.17, 15) is 4.79 Å². The van der Waals surface area contributed by atoms with E-state index in [2.05, 4.69) is 9.97 Å². The maximum absolute atomic E-state index is 12.4. The number of para-hydroxylation sites is 1. The number of fused-ring (bicyclic) bond motifs is 2. The van der Waals surface area contributed by atoms with Crippen LogP contribution >= 0.6 is 11.3 Å². The predicted octanol–water partition coefficient (Wildman–Crippen LogP) is 4.15. The van der Waals surface area contributed by atoms with Crippen molar-refractivity contribution in [1.29, 1.82) is 0 Å². The smallest absolute Gasteiger partial charge is 0.355 e. The molecule has 4 rings (SSSR count). The second kappa shape index (κ2) is 6.68. The van der Waals surface area contributed by atoms with E-state index in [1.165, 1.54) is 11.3 Å². The SMILES string of the molecule is COc1cc(OC)c2[nH]c(C(=O)OCc3nc4ccccc4s3)cc2c1. The minimum Gasteiger partial charge on any atom is -0.497 e. The normalized spacial score (nSPS) is 11.0. The minimum absolute atomic E-state index is 0.133. The molecule has 0 fully saturated rings. The summed E-state index contributed by atoms with van der Waals surface area (Å²) in [7, 11) is 3.15. The fraction of sp³-hybridized carbons (Fsp3) is 0.158. The summed E-state index contributed by atoms with van der Waals surface area (Å²) in [4.78, 5) is 19.9. The lowest BCUT2D eigenvalue weighted by Crippen LogP contribution is -2.05. The summed E-state index contributed by atoms with van der Waals surface area (Å²) < 4.78 is 17.1. The Bertz CT molecular complexity index is 1070. The average Bonchev–Trinajstić information content (AvgIpc) is 3.28. The van der Waals surface area contributed by atoms with Gasteiger partial charge in [0.2, 0.25) is 0 Å². The lowest BCUT2D eigenvalue weighted by Gasteiger charge is -2.05. The van der Waals surface area contributed by atoms with Gasteiger partial charge in [0.25, 0.3) is 0 Å². The van der Waals surface area contributed by atoms with Crippen LogP contribution in [-0.4, -0.2) is 30.2 Å². The number of thiazole rings is 1. The van der Waals surface area contributed by atoms with Crippen LogP contribution in [0.2, 0.25) is 0 Å². The lowest BCUT2D eigenvalue weighted by atomic mass is 10.2. The van der Waals surface area contributed by atoms with Gasteiger partial charge in [-0.3, -0.25) is 0 Å². The van der Waals surface area contributed by atoms with Crippen LogP contribution in [-0.2, 0) is 11.3 Å². The Hall–Kier alpha value is -3.06. The molecule has 0 atom stereocenters. The van der Waals surface area contributed by atoms with Crippen molar-refractivity contribution in [2.45, 2.75) is 6.61 Å². The summed E-state index contributed by atoms with van der Waals surface area (Å²) in [5.74, 6) is 0.814. The molecule has 1 N–H and O–H groups in total. The molecule has 26 heavy (non-hydrogen) atoms. The van der Waals surface area contributed by atoms with Crippen molar-refractivity contribution in [1.82, 2.24) is 9.97 Å². The van der Waals surface area contributed by atoms with Gasteiger partial charge in [0.05, 0.1) is 30.0 Å². The third kappa shape index (κ3) is 2.97. The van der Waals surface area contributed by atoms with Gasteiger partial charge in [-0.1, -0.05) is 12.1 Å². The number of rotatable bonds is 5. The summed E-state index contributed by atoms with van der Waals surface area (Å²) in [6, 6.07) is 13.1. The molecule has 6 nitrogen and oxygen atoms in total. The van der Waals surface area contributed by atoms with Crippen LogP contribution < -0.4 is 9.47 Å². The van der Waals surface area contributed by atoms with Crippen LogP contribution in [0.3, 0.4) is 0 Å². The van der Waals surface area contributed by atoms with Gasteiger partial charge in [-0.25, -0.2) is 9.78 Å². The molecule has 0 spiro atoms. The zero-order valence-electron chi connectivity index (χ0n) is 14.2. The molecule has 0 aliphatic heterocycles. The molecular weight excluding hydrogens is 352 g/mol. The molecule has 7 heteroatoms. The van der Waals surface area contributed by atoms with Gasteiger partial charge < -0.3 is 19.2 Å². The molecule has 2 heterocycles. The van der Waals surface area contributed by atoms with E-state index in [-0.39, 0.29) is 6.61 Å². The molecule has 0 amide bonds. The standard InChI is InChI=1S/C19H16N2O4S/c1-23-12-7-11-8-14(21-18(11)15(9-12)24-2)19(22)25-10-17-20-13-5-3-4-6-16(13)26-17/h3-9,21H,10H2,1-2H3. The van der Waals surface area contributed by atoms with E-state index in [1.54, 1.807) is 26.4 Å². The van der Waals surface area contributed by atoms with Gasteiger partial charge in [-0.05, 0) is 24.3 Å². The first kappa shape index (κ1) is 16.4. The summed E-state index contributed by atoms with van der Waals surface area (Å²) in [5.41, 5.74) is 1.99. The van der Waals surface area contributed by atoms with Crippen molar-refractivity contribution in [3.05, 3.63) is 53.2 Å². The lowest BCUT2D eigenvalue weighted by molar-refractivity contribution is 0.0467. The number of aromatic nitrogens is 2. The molecule has 0 aliphatic rings. The van der Waals surface area contributed by atoms with Crippen molar-refractivity contribution >= 4 is 38.4 Å². The number of carbonyl (C=O) groups excluding carboxylic acids is 1. The fourth-order valence-corrected chi connectivity index (χ4v) is 3.64. The van der Waals surface area contributed by atoms with Crippen molar-refractivity contribution in [3.8, 4) is 11.5 Å². The number of H-pyrrole nitrogens is 1. The van der Waals surface area contributed by atoms with E-state index in [4.69, 9.17) is 14.2 Å². The van der Waals surface area contributed by atoms with Gasteiger partial charge in [0, 0.05) is 11.5 Å². The maximum atomic E-state index is 12.4. The average molecular weight is 368 g/mol. The number of aromatic amines is 1. The van der Waals surface area contributed by atoms with Gasteiger partial charge in [-0.2, -0.15) is 0 Å². The van der Waals surface area contributed by atoms with Gasteiger partial charge >= 0.3 is 5.97 Å². The van der Waals surface area contributed by atoms with Crippen molar-refractivity contribution in [2.24, 2.45) is 0 Å². The molecule has 0 saturated carbocycles. The van der Waals surface area contributed by atoms with Gasteiger partial charge in [0.1, 0.15) is 28.8 Å². The minimum atomic E-state index is -0.443. The Morgan fingerprint density at radius 1 is 1.15 bits per heavy atom. The van der Waals surface area contributed by atoms with E-state index in [1.807, 2.05) is 30.3 Å².